The lowest BCUT2D eigenvalue weighted by atomic mass is 9.99. The fourth-order valence-corrected chi connectivity index (χ4v) is 5.35. The van der Waals surface area contributed by atoms with E-state index < -0.39 is 21.2 Å². The number of fused-ring (bicyclic) bond motifs is 2. The lowest BCUT2D eigenvalue weighted by Gasteiger charge is -2.19. The summed E-state index contributed by atoms with van der Waals surface area (Å²) in [5, 5.41) is 19.6. The molecule has 202 valence electrons. The number of nitrogens with zero attached hydrogens (tertiary/aromatic N) is 3. The molecular formula is C27H25ClN4O6S. The van der Waals surface area contributed by atoms with Crippen LogP contribution >= 0.6 is 11.6 Å². The maximum Gasteiger partial charge on any atom is 0.259 e. The molecule has 0 saturated heterocycles. The molecule has 0 fully saturated rings. The fourth-order valence-electron chi connectivity index (χ4n) is 4.53. The third-order valence-electron chi connectivity index (χ3n) is 6.34. The van der Waals surface area contributed by atoms with E-state index >= 15 is 0 Å². The SMILES string of the molecule is Cc1cc(C(C)Oc2ccc(Cl)nc2S(N)(=O)=O)c2oc(-c3ccc4nn(CCO)cc4c3)c(C)c(=O)c2c1. The Kier molecular flexibility index (Phi) is 6.93. The highest BCUT2D eigenvalue weighted by Gasteiger charge is 2.24. The molecule has 0 aliphatic carbocycles. The average Bonchev–Trinajstić information content (AvgIpc) is 3.28. The Bertz CT molecular complexity index is 1920. The lowest BCUT2D eigenvalue weighted by molar-refractivity contribution is 0.219. The van der Waals surface area contributed by atoms with Gasteiger partial charge in [-0.1, -0.05) is 11.6 Å². The van der Waals surface area contributed by atoms with Crippen LogP contribution in [0.4, 0.5) is 0 Å². The van der Waals surface area contributed by atoms with Gasteiger partial charge < -0.3 is 14.3 Å². The zero-order chi connectivity index (χ0) is 28.1. The third-order valence-corrected chi connectivity index (χ3v) is 7.38. The Hall–Kier alpha value is -3.77. The fraction of sp³-hybridized carbons (Fsp3) is 0.222. The number of rotatable bonds is 7. The Morgan fingerprint density at radius 3 is 2.67 bits per heavy atom. The van der Waals surface area contributed by atoms with Crippen molar-refractivity contribution in [2.75, 3.05) is 6.61 Å². The molecular weight excluding hydrogens is 544 g/mol. The van der Waals surface area contributed by atoms with Crippen LogP contribution in [0.25, 0.3) is 33.2 Å². The second-order valence-corrected chi connectivity index (χ2v) is 11.1. The number of hydrogen-bond acceptors (Lipinski definition) is 8. The molecule has 3 heterocycles. The molecule has 0 amide bonds. The summed E-state index contributed by atoms with van der Waals surface area (Å²) in [5.41, 5.74) is 3.32. The van der Waals surface area contributed by atoms with E-state index in [2.05, 4.69) is 10.1 Å². The highest BCUT2D eigenvalue weighted by Crippen LogP contribution is 2.35. The van der Waals surface area contributed by atoms with Crippen LogP contribution in [0.3, 0.4) is 0 Å². The standard InChI is InChI=1S/C27H25ClN4O6S/c1-14-10-19(16(3)37-22-6-7-23(28)30-27(22)39(29,35)36)26-20(11-14)24(34)15(2)25(38-26)17-4-5-21-18(12-17)13-32(31-21)8-9-33/h4-7,10-13,16,33H,8-9H2,1-3H3,(H2,29,35,36). The number of hydrogen-bond donors (Lipinski definition) is 2. The number of sulfonamides is 1. The van der Waals surface area contributed by atoms with Crippen molar-refractivity contribution >= 4 is 43.5 Å². The van der Waals surface area contributed by atoms with Gasteiger partial charge in [0.25, 0.3) is 10.0 Å². The minimum atomic E-state index is -4.22. The minimum absolute atomic E-state index is 0.0350. The quantitative estimate of drug-likeness (QED) is 0.276. The van der Waals surface area contributed by atoms with E-state index in [1.807, 2.05) is 37.4 Å². The zero-order valence-corrected chi connectivity index (χ0v) is 22.9. The van der Waals surface area contributed by atoms with Gasteiger partial charge in [0.2, 0.25) is 5.03 Å². The van der Waals surface area contributed by atoms with Crippen LogP contribution in [0.15, 0.2) is 62.9 Å². The van der Waals surface area contributed by atoms with Crippen molar-refractivity contribution in [3.63, 3.8) is 0 Å². The molecule has 0 aliphatic heterocycles. The molecule has 39 heavy (non-hydrogen) atoms. The molecule has 0 radical (unpaired) electrons. The van der Waals surface area contributed by atoms with Gasteiger partial charge in [-0.25, -0.2) is 18.5 Å². The first-order valence-electron chi connectivity index (χ1n) is 12.0. The highest BCUT2D eigenvalue weighted by atomic mass is 35.5. The number of aliphatic hydroxyl groups is 1. The molecule has 3 aromatic heterocycles. The lowest BCUT2D eigenvalue weighted by Crippen LogP contribution is -2.17. The van der Waals surface area contributed by atoms with Crippen LogP contribution in [0.2, 0.25) is 5.15 Å². The predicted octanol–water partition coefficient (Wildman–Crippen LogP) is 4.25. The van der Waals surface area contributed by atoms with Crippen LogP contribution in [0, 0.1) is 13.8 Å². The first-order valence-corrected chi connectivity index (χ1v) is 13.9. The van der Waals surface area contributed by atoms with Gasteiger partial charge in [-0.3, -0.25) is 9.48 Å². The normalized spacial score (nSPS) is 12.8. The molecule has 10 nitrogen and oxygen atoms in total. The van der Waals surface area contributed by atoms with Gasteiger partial charge in [-0.15, -0.1) is 0 Å². The van der Waals surface area contributed by atoms with Crippen molar-refractivity contribution in [3.8, 4) is 17.1 Å². The summed E-state index contributed by atoms with van der Waals surface area (Å²) in [4.78, 5) is 17.3. The van der Waals surface area contributed by atoms with Crippen LogP contribution < -0.4 is 15.3 Å². The molecule has 2 aromatic carbocycles. The Labute approximate surface area is 228 Å². The number of benzene rings is 2. The van der Waals surface area contributed by atoms with E-state index in [4.69, 9.17) is 25.9 Å². The number of primary sulfonamides is 1. The number of aryl methyl sites for hydroxylation is 1. The van der Waals surface area contributed by atoms with Crippen molar-refractivity contribution < 1.29 is 22.7 Å². The third kappa shape index (κ3) is 5.13. The molecule has 12 heteroatoms. The van der Waals surface area contributed by atoms with Crippen molar-refractivity contribution in [2.24, 2.45) is 5.14 Å². The summed E-state index contributed by atoms with van der Waals surface area (Å²) < 4.78 is 38.3. The second kappa shape index (κ2) is 10.1. The van der Waals surface area contributed by atoms with Crippen molar-refractivity contribution in [1.29, 1.82) is 0 Å². The topological polar surface area (TPSA) is 151 Å². The molecule has 0 saturated carbocycles. The highest BCUT2D eigenvalue weighted by molar-refractivity contribution is 7.89. The van der Waals surface area contributed by atoms with Gasteiger partial charge in [-0.05, 0) is 68.8 Å². The van der Waals surface area contributed by atoms with E-state index in [0.29, 0.717) is 40.0 Å². The van der Waals surface area contributed by atoms with Gasteiger partial charge in [-0.2, -0.15) is 5.10 Å². The van der Waals surface area contributed by atoms with Crippen LogP contribution in [0.5, 0.6) is 5.75 Å². The maximum atomic E-state index is 13.5. The number of nitrogens with two attached hydrogens (primary N) is 1. The maximum absolute atomic E-state index is 13.5. The Balaban J connectivity index is 1.65. The molecule has 0 bridgehead atoms. The van der Waals surface area contributed by atoms with Crippen molar-refractivity contribution in [1.82, 2.24) is 14.8 Å². The van der Waals surface area contributed by atoms with Crippen LogP contribution in [-0.2, 0) is 16.6 Å². The first kappa shape index (κ1) is 26.8. The van der Waals surface area contributed by atoms with Gasteiger partial charge >= 0.3 is 0 Å². The largest absolute Gasteiger partial charge is 0.483 e. The van der Waals surface area contributed by atoms with E-state index in [0.717, 1.165) is 16.5 Å². The smallest absolute Gasteiger partial charge is 0.259 e. The molecule has 1 unspecified atom stereocenters. The number of ether oxygens (including phenoxy) is 1. The number of aromatic nitrogens is 3. The van der Waals surface area contributed by atoms with Gasteiger partial charge in [0.05, 0.1) is 24.1 Å². The molecule has 0 aliphatic rings. The number of halogens is 1. The number of aliphatic hydroxyl groups excluding tert-OH is 1. The molecule has 0 spiro atoms. The van der Waals surface area contributed by atoms with Gasteiger partial charge in [0, 0.05) is 28.3 Å². The van der Waals surface area contributed by atoms with Gasteiger partial charge in [0.1, 0.15) is 22.6 Å². The van der Waals surface area contributed by atoms with E-state index in [1.165, 1.54) is 12.1 Å². The average molecular weight is 569 g/mol. The second-order valence-electron chi connectivity index (χ2n) is 9.25. The molecule has 1 atom stereocenters. The van der Waals surface area contributed by atoms with E-state index in [-0.39, 0.29) is 22.9 Å². The van der Waals surface area contributed by atoms with Crippen LogP contribution in [-0.4, -0.2) is 34.9 Å². The summed E-state index contributed by atoms with van der Waals surface area (Å²) >= 11 is 5.88. The minimum Gasteiger partial charge on any atom is -0.483 e. The molecule has 5 aromatic rings. The Morgan fingerprint density at radius 1 is 1.18 bits per heavy atom. The molecule has 3 N–H and O–H groups in total. The summed E-state index contributed by atoms with van der Waals surface area (Å²) in [6.07, 6.45) is 1.06. The summed E-state index contributed by atoms with van der Waals surface area (Å²) in [6, 6.07) is 11.9. The van der Waals surface area contributed by atoms with E-state index in [9.17, 15) is 18.3 Å². The summed E-state index contributed by atoms with van der Waals surface area (Å²) in [5.74, 6) is 0.309. The monoisotopic (exact) mass is 568 g/mol. The summed E-state index contributed by atoms with van der Waals surface area (Å²) in [7, 11) is -4.22. The summed E-state index contributed by atoms with van der Waals surface area (Å²) in [6.45, 7) is 5.59. The predicted molar refractivity (Wildman–Crippen MR) is 147 cm³/mol. The zero-order valence-electron chi connectivity index (χ0n) is 21.3. The van der Waals surface area contributed by atoms with Gasteiger partial charge in [0.15, 0.2) is 11.2 Å². The van der Waals surface area contributed by atoms with Crippen LogP contribution in [0.1, 0.15) is 29.7 Å². The molecule has 5 rings (SSSR count). The van der Waals surface area contributed by atoms with Crippen molar-refractivity contribution in [3.05, 3.63) is 80.7 Å². The van der Waals surface area contributed by atoms with Crippen molar-refractivity contribution in [2.45, 2.75) is 38.4 Å². The Morgan fingerprint density at radius 2 is 1.95 bits per heavy atom. The van der Waals surface area contributed by atoms with E-state index in [1.54, 1.807) is 24.6 Å². The number of pyridine rings is 1. The first-order chi connectivity index (χ1) is 18.5.